The first kappa shape index (κ1) is 11.5. The number of nitrogens with zero attached hydrogens (tertiary/aromatic N) is 1. The Morgan fingerprint density at radius 1 is 1.00 bits per heavy atom. The number of imidazole rings is 1. The van der Waals surface area contributed by atoms with Gasteiger partial charge in [-0.15, -0.1) is 0 Å². The standard InChI is InChI=1S/C13H8F2N2O2/c14-7-2-3-8-12(11(7)15)17-13(16-8)6-1-4-9(18)10(19)5-6/h1-5,18-19H,(H,16,17). The maximum absolute atomic E-state index is 13.5. The monoisotopic (exact) mass is 262 g/mol. The minimum Gasteiger partial charge on any atom is -0.504 e. The highest BCUT2D eigenvalue weighted by atomic mass is 19.2. The Bertz CT molecular complexity index is 784. The lowest BCUT2D eigenvalue weighted by Gasteiger charge is -1.99. The number of hydrogen-bond donors (Lipinski definition) is 3. The number of aromatic nitrogens is 2. The summed E-state index contributed by atoms with van der Waals surface area (Å²) in [6.07, 6.45) is 0. The normalized spacial score (nSPS) is 11.1. The molecule has 19 heavy (non-hydrogen) atoms. The molecule has 0 atom stereocenters. The zero-order valence-electron chi connectivity index (χ0n) is 9.48. The van der Waals surface area contributed by atoms with Gasteiger partial charge in [-0.1, -0.05) is 0 Å². The molecule has 0 amide bonds. The Kier molecular flexibility index (Phi) is 2.38. The van der Waals surface area contributed by atoms with Gasteiger partial charge in [0.15, 0.2) is 23.1 Å². The molecule has 1 heterocycles. The SMILES string of the molecule is Oc1ccc(-c2nc3c(F)c(F)ccc3[nH]2)cc1O. The molecule has 0 aliphatic rings. The molecule has 0 unspecified atom stereocenters. The smallest absolute Gasteiger partial charge is 0.186 e. The summed E-state index contributed by atoms with van der Waals surface area (Å²) in [5.74, 6) is -2.31. The Morgan fingerprint density at radius 3 is 2.53 bits per heavy atom. The summed E-state index contributed by atoms with van der Waals surface area (Å²) >= 11 is 0. The van der Waals surface area contributed by atoms with Gasteiger partial charge in [-0.3, -0.25) is 0 Å². The first-order valence-electron chi connectivity index (χ1n) is 5.42. The van der Waals surface area contributed by atoms with Crippen molar-refractivity contribution >= 4 is 11.0 Å². The number of phenols is 2. The van der Waals surface area contributed by atoms with E-state index in [9.17, 15) is 19.0 Å². The number of phenolic OH excluding ortho intramolecular Hbond substituents is 2. The highest BCUT2D eigenvalue weighted by molar-refractivity contribution is 5.80. The summed E-state index contributed by atoms with van der Waals surface area (Å²) in [4.78, 5) is 6.77. The second-order valence-electron chi connectivity index (χ2n) is 4.05. The molecule has 96 valence electrons. The lowest BCUT2D eigenvalue weighted by molar-refractivity contribution is 0.404. The van der Waals surface area contributed by atoms with Crippen LogP contribution in [0.3, 0.4) is 0 Å². The average Bonchev–Trinajstić information content (AvgIpc) is 2.82. The molecule has 0 aliphatic carbocycles. The minimum absolute atomic E-state index is 0.109. The quantitative estimate of drug-likeness (QED) is 0.590. The summed E-state index contributed by atoms with van der Waals surface area (Å²) < 4.78 is 26.6. The molecule has 0 aliphatic heterocycles. The van der Waals surface area contributed by atoms with Crippen LogP contribution in [-0.2, 0) is 0 Å². The van der Waals surface area contributed by atoms with Crippen molar-refractivity contribution in [1.82, 2.24) is 9.97 Å². The van der Waals surface area contributed by atoms with Gasteiger partial charge in [-0.2, -0.15) is 0 Å². The molecule has 0 saturated carbocycles. The van der Waals surface area contributed by atoms with E-state index in [1.54, 1.807) is 0 Å². The van der Waals surface area contributed by atoms with E-state index in [2.05, 4.69) is 9.97 Å². The summed E-state index contributed by atoms with van der Waals surface area (Å²) in [5, 5.41) is 18.6. The second-order valence-corrected chi connectivity index (χ2v) is 4.05. The fourth-order valence-electron chi connectivity index (χ4n) is 1.82. The van der Waals surface area contributed by atoms with Gasteiger partial charge < -0.3 is 15.2 Å². The maximum Gasteiger partial charge on any atom is 0.186 e. The van der Waals surface area contributed by atoms with Crippen LogP contribution in [0.2, 0.25) is 0 Å². The maximum atomic E-state index is 13.5. The van der Waals surface area contributed by atoms with Gasteiger partial charge in [0.1, 0.15) is 11.3 Å². The van der Waals surface area contributed by atoms with E-state index in [-0.39, 0.29) is 22.8 Å². The third kappa shape index (κ3) is 1.77. The molecule has 3 rings (SSSR count). The lowest BCUT2D eigenvalue weighted by Crippen LogP contribution is -1.84. The third-order valence-electron chi connectivity index (χ3n) is 2.79. The average molecular weight is 262 g/mol. The second kappa shape index (κ2) is 3.94. The Hall–Kier alpha value is -2.63. The number of aromatic hydroxyl groups is 2. The molecule has 3 N–H and O–H groups in total. The number of nitrogens with one attached hydrogen (secondary N) is 1. The van der Waals surface area contributed by atoms with Crippen molar-refractivity contribution in [2.75, 3.05) is 0 Å². The van der Waals surface area contributed by atoms with Crippen molar-refractivity contribution in [3.63, 3.8) is 0 Å². The van der Waals surface area contributed by atoms with E-state index < -0.39 is 11.6 Å². The van der Waals surface area contributed by atoms with Crippen LogP contribution in [0.4, 0.5) is 8.78 Å². The molecular formula is C13H8F2N2O2. The molecule has 0 bridgehead atoms. The number of benzene rings is 2. The van der Waals surface area contributed by atoms with Gasteiger partial charge in [0.05, 0.1) is 5.52 Å². The van der Waals surface area contributed by atoms with Crippen LogP contribution in [0.25, 0.3) is 22.4 Å². The molecule has 0 saturated heterocycles. The van der Waals surface area contributed by atoms with Gasteiger partial charge in [0, 0.05) is 5.56 Å². The van der Waals surface area contributed by atoms with Gasteiger partial charge in [0.2, 0.25) is 0 Å². The molecule has 0 radical (unpaired) electrons. The highest BCUT2D eigenvalue weighted by Crippen LogP contribution is 2.30. The van der Waals surface area contributed by atoms with Crippen LogP contribution >= 0.6 is 0 Å². The van der Waals surface area contributed by atoms with Crippen LogP contribution in [0.15, 0.2) is 30.3 Å². The van der Waals surface area contributed by atoms with E-state index in [4.69, 9.17) is 0 Å². The van der Waals surface area contributed by atoms with Crippen LogP contribution in [0, 0.1) is 11.6 Å². The van der Waals surface area contributed by atoms with Crippen molar-refractivity contribution in [3.8, 4) is 22.9 Å². The van der Waals surface area contributed by atoms with E-state index in [1.807, 2.05) is 0 Å². The Labute approximate surface area is 106 Å². The van der Waals surface area contributed by atoms with Crippen molar-refractivity contribution in [2.24, 2.45) is 0 Å². The lowest BCUT2D eigenvalue weighted by atomic mass is 10.2. The number of aromatic amines is 1. The van der Waals surface area contributed by atoms with Gasteiger partial charge in [0.25, 0.3) is 0 Å². The summed E-state index contributed by atoms with van der Waals surface area (Å²) in [6, 6.07) is 6.45. The molecule has 6 heteroatoms. The van der Waals surface area contributed by atoms with E-state index >= 15 is 0 Å². The van der Waals surface area contributed by atoms with Crippen LogP contribution < -0.4 is 0 Å². The van der Waals surface area contributed by atoms with Gasteiger partial charge >= 0.3 is 0 Å². The van der Waals surface area contributed by atoms with E-state index in [1.165, 1.54) is 24.3 Å². The number of fused-ring (bicyclic) bond motifs is 1. The molecular weight excluding hydrogens is 254 g/mol. The molecule has 2 aromatic carbocycles. The predicted octanol–water partition coefficient (Wildman–Crippen LogP) is 2.92. The molecule has 4 nitrogen and oxygen atoms in total. The first-order chi connectivity index (χ1) is 9.06. The van der Waals surface area contributed by atoms with Crippen LogP contribution in [-0.4, -0.2) is 20.2 Å². The minimum atomic E-state index is -1.02. The summed E-state index contributed by atoms with van der Waals surface area (Å²) in [6.45, 7) is 0. The van der Waals surface area contributed by atoms with Gasteiger partial charge in [-0.05, 0) is 30.3 Å². The fourth-order valence-corrected chi connectivity index (χ4v) is 1.82. The highest BCUT2D eigenvalue weighted by Gasteiger charge is 2.13. The molecule has 3 aromatic rings. The topological polar surface area (TPSA) is 69.1 Å². The Balaban J connectivity index is 2.20. The number of halogens is 2. The van der Waals surface area contributed by atoms with Crippen LogP contribution in [0.5, 0.6) is 11.5 Å². The van der Waals surface area contributed by atoms with Crippen LogP contribution in [0.1, 0.15) is 0 Å². The molecule has 1 aromatic heterocycles. The predicted molar refractivity (Wildman–Crippen MR) is 64.8 cm³/mol. The Morgan fingerprint density at radius 2 is 1.79 bits per heavy atom. The summed E-state index contributed by atoms with van der Waals surface area (Å²) in [7, 11) is 0. The number of rotatable bonds is 1. The van der Waals surface area contributed by atoms with Crippen molar-refractivity contribution in [1.29, 1.82) is 0 Å². The first-order valence-corrected chi connectivity index (χ1v) is 5.42. The molecule has 0 spiro atoms. The van der Waals surface area contributed by atoms with Crippen molar-refractivity contribution < 1.29 is 19.0 Å². The zero-order chi connectivity index (χ0) is 13.6. The van der Waals surface area contributed by atoms with Crippen molar-refractivity contribution in [3.05, 3.63) is 42.0 Å². The van der Waals surface area contributed by atoms with Gasteiger partial charge in [-0.25, -0.2) is 13.8 Å². The largest absolute Gasteiger partial charge is 0.504 e. The molecule has 0 fully saturated rings. The number of H-pyrrole nitrogens is 1. The number of hydrogen-bond acceptors (Lipinski definition) is 3. The third-order valence-corrected chi connectivity index (χ3v) is 2.79. The zero-order valence-corrected chi connectivity index (χ0v) is 9.48. The van der Waals surface area contributed by atoms with E-state index in [0.29, 0.717) is 11.1 Å². The summed E-state index contributed by atoms with van der Waals surface area (Å²) in [5.41, 5.74) is 0.690. The van der Waals surface area contributed by atoms with Crippen molar-refractivity contribution in [2.45, 2.75) is 0 Å². The van der Waals surface area contributed by atoms with E-state index in [0.717, 1.165) is 6.07 Å². The fraction of sp³-hybridized carbons (Fsp3) is 0.